The Balaban J connectivity index is 0.927. The number of unbranched alkanes of at least 4 members (excludes halogenated alkanes) is 2. The minimum atomic E-state index is -0.466. The molecule has 2 atom stereocenters. The summed E-state index contributed by atoms with van der Waals surface area (Å²) in [5.74, 6) is 2.81. The van der Waals surface area contributed by atoms with Gasteiger partial charge in [-0.1, -0.05) is 24.6 Å². The number of halogens is 1. The molecule has 2 aromatic carbocycles. The summed E-state index contributed by atoms with van der Waals surface area (Å²) in [4.78, 5) is 48.0. The van der Waals surface area contributed by atoms with Crippen LogP contribution >= 0.6 is 11.8 Å². The van der Waals surface area contributed by atoms with Gasteiger partial charge in [0.25, 0.3) is 5.91 Å². The fraction of sp³-hybridized carbons (Fsp3) is 0.729. The van der Waals surface area contributed by atoms with E-state index in [2.05, 4.69) is 21.3 Å². The highest BCUT2D eigenvalue weighted by Crippen LogP contribution is 2.31. The molecule has 2 aromatic rings. The fourth-order valence-corrected chi connectivity index (χ4v) is 9.51. The molecule has 5 amide bonds. The minimum absolute atomic E-state index is 0.0351. The molecule has 0 aliphatic carbocycles. The van der Waals surface area contributed by atoms with E-state index in [4.69, 9.17) is 83.7 Å². The van der Waals surface area contributed by atoms with Crippen LogP contribution in [-0.4, -0.2) is 232 Å². The van der Waals surface area contributed by atoms with Crippen molar-refractivity contribution in [2.24, 2.45) is 5.73 Å². The molecule has 0 spiro atoms. The standard InChI is InChI=1S/C59H98ClN5O18S/c1-70-55-45-49(7-6-17-60)12-15-54(55)83-20-5-4-18-63-58(68)51-13-10-50(11-14-51)47-64-57(67)16-21-71-23-25-73-27-29-75-31-33-77-35-37-79-39-41-81-43-44-82-42-40-80-38-36-78-34-32-76-30-28-74-26-24-72-22-19-62-56(66)9-3-2-8-53-46-52(48-84-53)65-59(61)69/h10-15,45,52-53,60H,2-9,16-44,46-48H2,1H3,(H5-,61,62,63,64,65,66,67,68,69)/p+1/t52?,53-/m0/s1. The number of alkyl halides is 1. The molecule has 0 aromatic heterocycles. The second-order valence-corrected chi connectivity index (χ2v) is 20.9. The predicted octanol–water partition coefficient (Wildman–Crippen LogP) is 3.92. The number of methoxy groups -OCH3 is 1. The number of nitrogens with one attached hydrogen (secondary N) is 4. The molecule has 1 unspecified atom stereocenters. The number of hydrogen-bond acceptors (Lipinski definition) is 19. The lowest BCUT2D eigenvalue weighted by atomic mass is 10.1. The van der Waals surface area contributed by atoms with Gasteiger partial charge in [0.2, 0.25) is 11.8 Å². The van der Waals surface area contributed by atoms with E-state index in [1.54, 1.807) is 19.2 Å². The van der Waals surface area contributed by atoms with E-state index in [0.29, 0.717) is 207 Å². The summed E-state index contributed by atoms with van der Waals surface area (Å²) in [6.07, 6.45) is 7.96. The van der Waals surface area contributed by atoms with E-state index in [1.165, 1.54) is 5.56 Å². The summed E-state index contributed by atoms with van der Waals surface area (Å²) in [6, 6.07) is 12.8. The molecule has 0 radical (unpaired) electrons. The third-order valence-electron chi connectivity index (χ3n) is 12.4. The quantitative estimate of drug-likeness (QED) is 0.0464. The number of urea groups is 1. The number of rotatable bonds is 58. The van der Waals surface area contributed by atoms with Crippen molar-refractivity contribution in [2.75, 3.05) is 197 Å². The first-order chi connectivity index (χ1) is 41.3. The molecule has 1 aliphatic heterocycles. The third kappa shape index (κ3) is 41.8. The van der Waals surface area contributed by atoms with Gasteiger partial charge >= 0.3 is 6.03 Å². The first kappa shape index (κ1) is 74.1. The number of carbonyl (C=O) groups excluding carboxylic acids is 4. The highest BCUT2D eigenvalue weighted by Gasteiger charge is 2.25. The number of benzene rings is 2. The Bertz CT molecular complexity index is 1960. The molecule has 0 saturated carbocycles. The van der Waals surface area contributed by atoms with Crippen molar-refractivity contribution in [1.29, 1.82) is 0 Å². The van der Waals surface area contributed by atoms with E-state index in [9.17, 15) is 19.2 Å². The number of carbonyl (C=O) groups is 4. The van der Waals surface area contributed by atoms with Crippen LogP contribution in [0.5, 0.6) is 11.5 Å². The van der Waals surface area contributed by atoms with Crippen LogP contribution < -0.4 is 36.5 Å². The lowest BCUT2D eigenvalue weighted by Crippen LogP contribution is -2.38. The Kier molecular flexibility index (Phi) is 46.9. The maximum atomic E-state index is 12.6. The van der Waals surface area contributed by atoms with Gasteiger partial charge in [0.1, 0.15) is 11.6 Å². The Morgan fingerprint density at radius 2 is 1.00 bits per heavy atom. The van der Waals surface area contributed by atoms with Crippen LogP contribution in [0.25, 0.3) is 0 Å². The lowest BCUT2D eigenvalue weighted by Gasteiger charge is -2.12. The maximum absolute atomic E-state index is 12.6. The Labute approximate surface area is 507 Å². The topological polar surface area (TPSA) is 272 Å². The number of ether oxygens (including phenoxy) is 14. The van der Waals surface area contributed by atoms with E-state index in [1.807, 2.05) is 42.1 Å². The maximum Gasteiger partial charge on any atom is 0.312 e. The van der Waals surface area contributed by atoms with Crippen molar-refractivity contribution in [3.8, 4) is 11.5 Å². The molecule has 1 fully saturated rings. The summed E-state index contributed by atoms with van der Waals surface area (Å²) in [7, 11) is 1.63. The minimum Gasteiger partial charge on any atom is -0.493 e. The number of aryl methyl sites for hydroxylation is 1. The molecule has 1 saturated heterocycles. The number of hydrogen-bond donors (Lipinski definition) is 5. The zero-order chi connectivity index (χ0) is 60.0. The average molecular weight is 1230 g/mol. The largest absolute Gasteiger partial charge is 0.493 e. The molecule has 0 bridgehead atoms. The van der Waals surface area contributed by atoms with Crippen LogP contribution in [0.2, 0.25) is 0 Å². The smallest absolute Gasteiger partial charge is 0.312 e. The molecule has 3 rings (SSSR count). The number of thioether (sulfide) groups is 1. The summed E-state index contributed by atoms with van der Waals surface area (Å²) in [5.41, 5.74) is 7.82. The molecular formula is C59H99ClN5O18S+. The highest BCUT2D eigenvalue weighted by molar-refractivity contribution is 8.00. The molecule has 1 aliphatic rings. The number of nitrogens with two attached hydrogens (primary N) is 1. The van der Waals surface area contributed by atoms with Gasteiger partial charge in [-0.25, -0.2) is 4.79 Å². The third-order valence-corrected chi connectivity index (χ3v) is 14.2. The predicted molar refractivity (Wildman–Crippen MR) is 316 cm³/mol. The molecule has 23 nitrogen and oxygen atoms in total. The molecular weight excluding hydrogens is 1130 g/mol. The van der Waals surface area contributed by atoms with Crippen LogP contribution in [0.4, 0.5) is 4.79 Å². The van der Waals surface area contributed by atoms with Crippen LogP contribution in [0.15, 0.2) is 42.5 Å². The van der Waals surface area contributed by atoms with Crippen molar-refractivity contribution >= 4 is 35.5 Å². The van der Waals surface area contributed by atoms with Crippen LogP contribution in [-0.2, 0) is 79.4 Å². The second kappa shape index (κ2) is 53.1. The Morgan fingerprint density at radius 1 is 0.512 bits per heavy atom. The van der Waals surface area contributed by atoms with Gasteiger partial charge in [-0.3, -0.25) is 14.4 Å². The first-order valence-corrected chi connectivity index (χ1v) is 31.3. The molecule has 84 heavy (non-hydrogen) atoms. The van der Waals surface area contributed by atoms with Gasteiger partial charge in [-0.05, 0) is 73.9 Å². The van der Waals surface area contributed by atoms with Crippen LogP contribution in [0.1, 0.15) is 79.3 Å². The van der Waals surface area contributed by atoms with Gasteiger partial charge in [0.15, 0.2) is 17.4 Å². The van der Waals surface area contributed by atoms with Gasteiger partial charge in [-0.15, -0.1) is 0 Å². The number of amides is 5. The van der Waals surface area contributed by atoms with E-state index < -0.39 is 6.03 Å². The molecule has 25 heteroatoms. The van der Waals surface area contributed by atoms with Gasteiger partial charge in [-0.2, -0.15) is 11.8 Å². The van der Waals surface area contributed by atoms with Gasteiger partial charge in [0.05, 0.1) is 172 Å². The van der Waals surface area contributed by atoms with E-state index in [0.717, 1.165) is 68.6 Å². The summed E-state index contributed by atoms with van der Waals surface area (Å²) >= 11 is 6.91. The summed E-state index contributed by atoms with van der Waals surface area (Å²) in [6.45, 7) is 12.5. The van der Waals surface area contributed by atoms with Crippen LogP contribution in [0, 0.1) is 11.6 Å². The highest BCUT2D eigenvalue weighted by atomic mass is 35.5. The molecule has 6 N–H and O–H groups in total. The van der Waals surface area contributed by atoms with Crippen LogP contribution in [0.3, 0.4) is 0 Å². The first-order valence-electron chi connectivity index (χ1n) is 29.7. The van der Waals surface area contributed by atoms with Crippen molar-refractivity contribution in [2.45, 2.75) is 82.0 Å². The molecule has 1 heterocycles. The second-order valence-electron chi connectivity index (χ2n) is 19.2. The van der Waals surface area contributed by atoms with Crippen molar-refractivity contribution in [3.63, 3.8) is 0 Å². The summed E-state index contributed by atoms with van der Waals surface area (Å²) < 4.78 is 77.7. The van der Waals surface area contributed by atoms with Crippen molar-refractivity contribution < 1.29 is 97.1 Å². The van der Waals surface area contributed by atoms with E-state index >= 15 is 0 Å². The Hall–Kier alpha value is -4.12. The van der Waals surface area contributed by atoms with Crippen molar-refractivity contribution in [1.82, 2.24) is 21.3 Å². The monoisotopic (exact) mass is 1230 g/mol. The normalized spacial score (nSPS) is 13.9. The van der Waals surface area contributed by atoms with Crippen molar-refractivity contribution in [3.05, 3.63) is 59.2 Å². The zero-order valence-corrected chi connectivity index (χ0v) is 51.4. The SMILES string of the molecule is COc1cc(CCC[ClH+])ccc1OCCCCNC(=O)c1ccc(CNC(=O)CCOCCOCCOCCOCCOCCOCCOCCOCCOCCOCCOCCOCCNC(=O)CCCC[C@H]2CC(NC(N)=O)CS2)cc1. The average Bonchev–Trinajstić information content (AvgIpc) is 4.00. The Morgan fingerprint density at radius 3 is 1.50 bits per heavy atom. The fourth-order valence-electron chi connectivity index (χ4n) is 7.94. The van der Waals surface area contributed by atoms with Gasteiger partial charge < -0.3 is 93.3 Å². The number of primary amides is 1. The molecule has 480 valence electrons. The van der Waals surface area contributed by atoms with Gasteiger partial charge in [0, 0.05) is 61.5 Å². The zero-order valence-electron chi connectivity index (χ0n) is 49.7. The summed E-state index contributed by atoms with van der Waals surface area (Å²) in [5, 5.41) is 12.0. The lowest BCUT2D eigenvalue weighted by molar-refractivity contribution is -0.368. The van der Waals surface area contributed by atoms with E-state index in [-0.39, 0.29) is 36.8 Å².